The third-order valence-electron chi connectivity index (χ3n) is 8.23. The van der Waals surface area contributed by atoms with Gasteiger partial charge in [-0.25, -0.2) is 0 Å². The Morgan fingerprint density at radius 2 is 2.05 bits per heavy atom. The minimum absolute atomic E-state index is 0.0579. The van der Waals surface area contributed by atoms with E-state index in [4.69, 9.17) is 0 Å². The molecule has 21 heavy (non-hydrogen) atoms. The van der Waals surface area contributed by atoms with Crippen molar-refractivity contribution in [1.82, 2.24) is 0 Å². The fraction of sp³-hybridized carbons (Fsp3) is 0.737. The van der Waals surface area contributed by atoms with Crippen molar-refractivity contribution in [2.24, 2.45) is 40.9 Å². The van der Waals surface area contributed by atoms with E-state index >= 15 is 0 Å². The Morgan fingerprint density at radius 3 is 2.90 bits per heavy atom. The molecule has 0 radical (unpaired) electrons. The van der Waals surface area contributed by atoms with E-state index in [-0.39, 0.29) is 11.3 Å². The first-order valence-corrected chi connectivity index (χ1v) is 8.78. The van der Waals surface area contributed by atoms with E-state index in [1.807, 2.05) is 0 Å². The van der Waals surface area contributed by atoms with Gasteiger partial charge in [-0.1, -0.05) is 23.8 Å². The van der Waals surface area contributed by atoms with E-state index in [0.29, 0.717) is 35.4 Å². The minimum atomic E-state index is -0.693. The lowest BCUT2D eigenvalue weighted by molar-refractivity contribution is -0.190. The van der Waals surface area contributed by atoms with Crippen LogP contribution in [0, 0.1) is 40.9 Å². The number of ketones is 1. The molecule has 0 aromatic heterocycles. The smallest absolute Gasteiger partial charge is 0.139 e. The van der Waals surface area contributed by atoms with Gasteiger partial charge in [0, 0.05) is 18.3 Å². The highest BCUT2D eigenvalue weighted by atomic mass is 16.3. The summed E-state index contributed by atoms with van der Waals surface area (Å²) in [5, 5.41) is 11.5. The predicted octanol–water partition coefficient (Wildman–Crippen LogP) is 2.88. The molecule has 2 heteroatoms. The monoisotopic (exact) mass is 282 g/mol. The first-order chi connectivity index (χ1) is 10.2. The van der Waals surface area contributed by atoms with Crippen molar-refractivity contribution in [2.75, 3.05) is 0 Å². The summed E-state index contributed by atoms with van der Waals surface area (Å²) in [7, 11) is 0. The van der Waals surface area contributed by atoms with Crippen LogP contribution in [-0.4, -0.2) is 16.5 Å². The van der Waals surface area contributed by atoms with E-state index in [9.17, 15) is 9.90 Å². The van der Waals surface area contributed by atoms with Gasteiger partial charge in [-0.05, 0) is 61.2 Å². The van der Waals surface area contributed by atoms with Crippen LogP contribution in [0.5, 0.6) is 0 Å². The van der Waals surface area contributed by atoms with Crippen molar-refractivity contribution in [1.29, 1.82) is 0 Å². The Kier molecular flexibility index (Phi) is 1.79. The molecule has 0 saturated heterocycles. The molecule has 2 nitrogen and oxygen atoms in total. The highest BCUT2D eigenvalue weighted by molar-refractivity contribution is 5.86. The predicted molar refractivity (Wildman–Crippen MR) is 78.3 cm³/mol. The van der Waals surface area contributed by atoms with Crippen molar-refractivity contribution in [2.45, 2.75) is 44.1 Å². The minimum Gasteiger partial charge on any atom is -0.388 e. The molecular weight excluding hydrogens is 260 g/mol. The Balaban J connectivity index is 1.64. The molecule has 7 rings (SSSR count). The first-order valence-electron chi connectivity index (χ1n) is 8.78. The Hall–Kier alpha value is -0.890. The van der Waals surface area contributed by atoms with E-state index in [2.05, 4.69) is 18.2 Å². The van der Waals surface area contributed by atoms with E-state index in [1.165, 1.54) is 12.8 Å². The highest BCUT2D eigenvalue weighted by Crippen LogP contribution is 2.77. The molecule has 110 valence electrons. The van der Waals surface area contributed by atoms with Gasteiger partial charge in [-0.3, -0.25) is 4.79 Å². The van der Waals surface area contributed by atoms with E-state index < -0.39 is 5.60 Å². The maximum Gasteiger partial charge on any atom is 0.139 e. The normalized spacial score (nSPS) is 62.0. The average Bonchev–Trinajstić information content (AvgIpc) is 3.12. The third-order valence-corrected chi connectivity index (χ3v) is 8.23. The number of fused-ring (bicyclic) bond motifs is 8. The Bertz CT molecular complexity index is 631. The van der Waals surface area contributed by atoms with Gasteiger partial charge < -0.3 is 5.11 Å². The number of aliphatic hydroxyl groups is 1. The maximum atomic E-state index is 12.7. The molecule has 1 spiro atoms. The van der Waals surface area contributed by atoms with Crippen molar-refractivity contribution in [3.05, 3.63) is 23.8 Å². The molecule has 1 N–H and O–H groups in total. The first kappa shape index (κ1) is 11.6. The number of hydrogen-bond donors (Lipinski definition) is 1. The van der Waals surface area contributed by atoms with Crippen LogP contribution in [0.1, 0.15) is 38.5 Å². The van der Waals surface area contributed by atoms with Gasteiger partial charge in [-0.15, -0.1) is 0 Å². The second kappa shape index (κ2) is 3.22. The SMILES string of the molecule is O=C1CC23CC[C@H]1[C@@]1(O)CCC=C(C4C2[C@H]2C=C[C@@H]4C2)[C@@H]31. The summed E-state index contributed by atoms with van der Waals surface area (Å²) in [6, 6.07) is 0. The molecule has 0 heterocycles. The number of hydrogen-bond acceptors (Lipinski definition) is 2. The van der Waals surface area contributed by atoms with Crippen LogP contribution in [0.4, 0.5) is 0 Å². The number of rotatable bonds is 0. The number of carbonyl (C=O) groups excluding carboxylic acids is 1. The van der Waals surface area contributed by atoms with Crippen molar-refractivity contribution in [3.63, 3.8) is 0 Å². The van der Waals surface area contributed by atoms with Crippen LogP contribution < -0.4 is 0 Å². The topological polar surface area (TPSA) is 37.3 Å². The summed E-state index contributed by atoms with van der Waals surface area (Å²) in [4.78, 5) is 12.7. The molecule has 4 bridgehead atoms. The Labute approximate surface area is 125 Å². The zero-order valence-corrected chi connectivity index (χ0v) is 12.3. The lowest BCUT2D eigenvalue weighted by Crippen LogP contribution is -2.64. The second-order valence-electron chi connectivity index (χ2n) is 8.63. The van der Waals surface area contributed by atoms with Crippen LogP contribution in [-0.2, 0) is 4.79 Å². The van der Waals surface area contributed by atoms with Crippen LogP contribution in [0.3, 0.4) is 0 Å². The summed E-state index contributed by atoms with van der Waals surface area (Å²) >= 11 is 0. The lowest BCUT2D eigenvalue weighted by Gasteiger charge is -2.60. The van der Waals surface area contributed by atoms with Crippen molar-refractivity contribution < 1.29 is 9.90 Å². The van der Waals surface area contributed by atoms with Gasteiger partial charge >= 0.3 is 0 Å². The fourth-order valence-corrected chi connectivity index (χ4v) is 7.98. The lowest BCUT2D eigenvalue weighted by atomic mass is 9.44. The zero-order valence-electron chi connectivity index (χ0n) is 12.3. The average molecular weight is 282 g/mol. The zero-order chi connectivity index (χ0) is 14.0. The van der Waals surface area contributed by atoms with Crippen LogP contribution in [0.25, 0.3) is 0 Å². The van der Waals surface area contributed by atoms with Crippen molar-refractivity contribution in [3.8, 4) is 0 Å². The number of carbonyl (C=O) groups is 1. The van der Waals surface area contributed by atoms with Gasteiger partial charge in [0.15, 0.2) is 0 Å². The van der Waals surface area contributed by atoms with Gasteiger partial charge in [0.25, 0.3) is 0 Å². The molecule has 5 saturated carbocycles. The summed E-state index contributed by atoms with van der Waals surface area (Å²) < 4.78 is 0. The summed E-state index contributed by atoms with van der Waals surface area (Å²) in [5.74, 6) is 3.32. The largest absolute Gasteiger partial charge is 0.388 e. The molecule has 7 aliphatic rings. The van der Waals surface area contributed by atoms with Gasteiger partial charge in [0.2, 0.25) is 0 Å². The molecule has 5 fully saturated rings. The molecule has 0 amide bonds. The Morgan fingerprint density at radius 1 is 1.19 bits per heavy atom. The number of Topliss-reactive ketones (excluding diaryl/α,β-unsaturated/α-hetero) is 1. The van der Waals surface area contributed by atoms with Crippen molar-refractivity contribution >= 4 is 5.78 Å². The van der Waals surface area contributed by atoms with Gasteiger partial charge in [-0.2, -0.15) is 0 Å². The maximum absolute atomic E-state index is 12.7. The third kappa shape index (κ3) is 1.02. The standard InChI is InChI=1S/C19H22O2/c20-14-9-18-7-5-13(14)19(21)6-1-2-12(17(18)19)15-10-3-4-11(8-10)16(15)18/h2-4,10-11,13,15-17,21H,1,5-9H2/t10-,11+,13-,15?,16?,17+,18?,19+/m1/s1. The molecular formula is C19H22O2. The van der Waals surface area contributed by atoms with E-state index in [1.54, 1.807) is 5.57 Å². The molecule has 7 aliphatic carbocycles. The summed E-state index contributed by atoms with van der Waals surface area (Å²) in [6.45, 7) is 0. The summed E-state index contributed by atoms with van der Waals surface area (Å²) in [5.41, 5.74) is 0.992. The van der Waals surface area contributed by atoms with E-state index in [0.717, 1.165) is 25.7 Å². The van der Waals surface area contributed by atoms with Gasteiger partial charge in [0.1, 0.15) is 5.78 Å². The molecule has 8 atom stereocenters. The van der Waals surface area contributed by atoms with Crippen LogP contribution >= 0.6 is 0 Å². The second-order valence-corrected chi connectivity index (χ2v) is 8.63. The highest BCUT2D eigenvalue weighted by Gasteiger charge is 2.75. The van der Waals surface area contributed by atoms with Crippen LogP contribution in [0.15, 0.2) is 23.8 Å². The quantitative estimate of drug-likeness (QED) is 0.694. The number of allylic oxidation sites excluding steroid dienone is 3. The molecule has 0 aromatic carbocycles. The van der Waals surface area contributed by atoms with Crippen LogP contribution in [0.2, 0.25) is 0 Å². The summed E-state index contributed by atoms with van der Waals surface area (Å²) in [6.07, 6.45) is 13.3. The molecule has 3 unspecified atom stereocenters. The molecule has 0 aromatic rings. The fourth-order valence-electron chi connectivity index (χ4n) is 7.98. The van der Waals surface area contributed by atoms with Gasteiger partial charge in [0.05, 0.1) is 5.60 Å². The molecule has 0 aliphatic heterocycles.